The molecule has 1 aromatic carbocycles. The molecule has 0 aliphatic rings. The minimum atomic E-state index is 0.503. The van der Waals surface area contributed by atoms with Gasteiger partial charge in [0.25, 0.3) is 0 Å². The van der Waals surface area contributed by atoms with Crippen molar-refractivity contribution in [3.8, 4) is 5.75 Å². The van der Waals surface area contributed by atoms with E-state index in [9.17, 15) is 0 Å². The van der Waals surface area contributed by atoms with Crippen LogP contribution in [0, 0.1) is 0 Å². The largest absolute Gasteiger partial charge is 0.478 e. The molecule has 0 aliphatic heterocycles. The fraction of sp³-hybridized carbons (Fsp3) is 0.250. The second-order valence-electron chi connectivity index (χ2n) is 2.21. The topological polar surface area (TPSA) is 47.3 Å². The first-order chi connectivity index (χ1) is 5.33. The predicted octanol–water partition coefficient (Wildman–Crippen LogP) is 0.825. The second-order valence-corrected chi connectivity index (χ2v) is 2.21. The minimum Gasteiger partial charge on any atom is -0.478 e. The van der Waals surface area contributed by atoms with Gasteiger partial charge < -0.3 is 10.5 Å². The van der Waals surface area contributed by atoms with Gasteiger partial charge in [0.2, 0.25) is 0 Å². The number of nitrogens with one attached hydrogen (secondary N) is 1. The Morgan fingerprint density at radius 3 is 3.00 bits per heavy atom. The van der Waals surface area contributed by atoms with E-state index in [0.717, 1.165) is 11.4 Å². The molecule has 11 heavy (non-hydrogen) atoms. The first kappa shape index (κ1) is 7.88. The highest BCUT2D eigenvalue weighted by molar-refractivity contribution is 5.43. The molecule has 0 saturated heterocycles. The summed E-state index contributed by atoms with van der Waals surface area (Å²) in [5.74, 6) is 0.791. The zero-order valence-electron chi connectivity index (χ0n) is 6.50. The van der Waals surface area contributed by atoms with Crippen molar-refractivity contribution in [2.24, 2.45) is 0 Å². The molecule has 0 heterocycles. The molecule has 0 fully saturated rings. The van der Waals surface area contributed by atoms with Gasteiger partial charge in [0.1, 0.15) is 12.5 Å². The van der Waals surface area contributed by atoms with Crippen LogP contribution in [0.25, 0.3) is 0 Å². The van der Waals surface area contributed by atoms with Gasteiger partial charge in [-0.25, -0.2) is 0 Å². The lowest BCUT2D eigenvalue weighted by molar-refractivity contribution is 0.296. The van der Waals surface area contributed by atoms with E-state index < -0.39 is 0 Å². The number of ether oxygens (including phenoxy) is 1. The van der Waals surface area contributed by atoms with Crippen molar-refractivity contribution < 1.29 is 4.74 Å². The van der Waals surface area contributed by atoms with Crippen molar-refractivity contribution in [2.45, 2.75) is 0 Å². The maximum absolute atomic E-state index is 5.53. The van der Waals surface area contributed by atoms with Crippen LogP contribution < -0.4 is 15.8 Å². The van der Waals surface area contributed by atoms with Crippen LogP contribution in [0.4, 0.5) is 5.69 Å². The highest BCUT2D eigenvalue weighted by Crippen LogP contribution is 2.13. The molecule has 3 heteroatoms. The summed E-state index contributed by atoms with van der Waals surface area (Å²) in [4.78, 5) is 0. The molecular formula is C8H12N2O. The van der Waals surface area contributed by atoms with Crippen molar-refractivity contribution in [3.05, 3.63) is 24.3 Å². The molecule has 0 spiro atoms. The summed E-state index contributed by atoms with van der Waals surface area (Å²) in [6, 6.07) is 7.34. The molecule has 0 unspecified atom stereocenters. The van der Waals surface area contributed by atoms with Gasteiger partial charge in [-0.3, -0.25) is 5.32 Å². The molecule has 0 bridgehead atoms. The van der Waals surface area contributed by atoms with Crippen LogP contribution in [-0.4, -0.2) is 13.8 Å². The van der Waals surface area contributed by atoms with E-state index in [2.05, 4.69) is 5.32 Å². The van der Waals surface area contributed by atoms with Gasteiger partial charge in [0, 0.05) is 11.8 Å². The molecular weight excluding hydrogens is 140 g/mol. The molecule has 0 radical (unpaired) electrons. The Morgan fingerprint density at radius 1 is 1.55 bits per heavy atom. The summed E-state index contributed by atoms with van der Waals surface area (Å²) in [6.07, 6.45) is 0. The van der Waals surface area contributed by atoms with Crippen LogP contribution in [-0.2, 0) is 0 Å². The van der Waals surface area contributed by atoms with Crippen LogP contribution in [0.1, 0.15) is 0 Å². The van der Waals surface area contributed by atoms with Gasteiger partial charge >= 0.3 is 0 Å². The zero-order chi connectivity index (χ0) is 8.10. The highest BCUT2D eigenvalue weighted by Gasteiger charge is 1.90. The van der Waals surface area contributed by atoms with Crippen molar-refractivity contribution in [3.63, 3.8) is 0 Å². The number of nitrogens with two attached hydrogens (primary N) is 1. The Hall–Kier alpha value is -1.22. The zero-order valence-corrected chi connectivity index (χ0v) is 6.50. The van der Waals surface area contributed by atoms with Crippen LogP contribution in [0.2, 0.25) is 0 Å². The smallest absolute Gasteiger partial charge is 0.139 e. The van der Waals surface area contributed by atoms with Gasteiger partial charge in [-0.1, -0.05) is 6.07 Å². The molecule has 0 atom stereocenters. The Kier molecular flexibility index (Phi) is 2.74. The first-order valence-corrected chi connectivity index (χ1v) is 3.46. The normalized spacial score (nSPS) is 9.55. The minimum absolute atomic E-state index is 0.503. The van der Waals surface area contributed by atoms with Crippen LogP contribution in [0.15, 0.2) is 24.3 Å². The van der Waals surface area contributed by atoms with Gasteiger partial charge in [0.15, 0.2) is 0 Å². The Labute approximate surface area is 66.2 Å². The second kappa shape index (κ2) is 3.83. The van der Waals surface area contributed by atoms with E-state index in [-0.39, 0.29) is 0 Å². The van der Waals surface area contributed by atoms with Gasteiger partial charge in [0.05, 0.1) is 0 Å². The van der Waals surface area contributed by atoms with Crippen molar-refractivity contribution in [1.29, 1.82) is 0 Å². The average Bonchev–Trinajstić information content (AvgIpc) is 2.01. The number of nitrogen functional groups attached to an aromatic ring is 1. The SMILES string of the molecule is CNCOc1cccc(N)c1. The number of anilines is 1. The van der Waals surface area contributed by atoms with E-state index in [4.69, 9.17) is 10.5 Å². The molecule has 0 aromatic heterocycles. The average molecular weight is 152 g/mol. The third kappa shape index (κ3) is 2.47. The van der Waals surface area contributed by atoms with E-state index in [1.54, 1.807) is 6.07 Å². The van der Waals surface area contributed by atoms with E-state index >= 15 is 0 Å². The maximum atomic E-state index is 5.53. The predicted molar refractivity (Wildman–Crippen MR) is 45.4 cm³/mol. The number of rotatable bonds is 3. The fourth-order valence-electron chi connectivity index (χ4n) is 0.760. The van der Waals surface area contributed by atoms with Crippen LogP contribution in [0.3, 0.4) is 0 Å². The molecule has 0 saturated carbocycles. The maximum Gasteiger partial charge on any atom is 0.139 e. The Morgan fingerprint density at radius 2 is 2.36 bits per heavy atom. The fourth-order valence-corrected chi connectivity index (χ4v) is 0.760. The Bertz CT molecular complexity index is 225. The molecule has 0 amide bonds. The molecule has 1 aromatic rings. The lowest BCUT2D eigenvalue weighted by Crippen LogP contribution is -2.14. The summed E-state index contributed by atoms with van der Waals surface area (Å²) >= 11 is 0. The number of hydrogen-bond acceptors (Lipinski definition) is 3. The molecule has 60 valence electrons. The summed E-state index contributed by atoms with van der Waals surface area (Å²) in [6.45, 7) is 0.503. The summed E-state index contributed by atoms with van der Waals surface area (Å²) in [5, 5.41) is 2.87. The Balaban J connectivity index is 2.56. The van der Waals surface area contributed by atoms with Crippen molar-refractivity contribution in [1.82, 2.24) is 5.32 Å². The van der Waals surface area contributed by atoms with Crippen LogP contribution in [0.5, 0.6) is 5.75 Å². The quantitative estimate of drug-likeness (QED) is 0.498. The summed E-state index contributed by atoms with van der Waals surface area (Å²) in [5.41, 5.74) is 6.25. The highest BCUT2D eigenvalue weighted by atomic mass is 16.5. The standard InChI is InChI=1S/C8H12N2O/c1-10-6-11-8-4-2-3-7(9)5-8/h2-5,10H,6,9H2,1H3. The lowest BCUT2D eigenvalue weighted by Gasteiger charge is -2.04. The first-order valence-electron chi connectivity index (χ1n) is 3.46. The van der Waals surface area contributed by atoms with E-state index in [0.29, 0.717) is 6.73 Å². The number of hydrogen-bond donors (Lipinski definition) is 2. The van der Waals surface area contributed by atoms with E-state index in [1.807, 2.05) is 25.2 Å². The van der Waals surface area contributed by atoms with Crippen LogP contribution >= 0.6 is 0 Å². The van der Waals surface area contributed by atoms with Gasteiger partial charge in [-0.2, -0.15) is 0 Å². The molecule has 3 N–H and O–H groups in total. The third-order valence-corrected chi connectivity index (χ3v) is 1.24. The van der Waals surface area contributed by atoms with Crippen molar-refractivity contribution >= 4 is 5.69 Å². The molecule has 0 aliphatic carbocycles. The van der Waals surface area contributed by atoms with Gasteiger partial charge in [-0.05, 0) is 19.2 Å². The summed E-state index contributed by atoms with van der Waals surface area (Å²) in [7, 11) is 1.83. The van der Waals surface area contributed by atoms with Crippen molar-refractivity contribution in [2.75, 3.05) is 19.5 Å². The monoisotopic (exact) mass is 152 g/mol. The van der Waals surface area contributed by atoms with Gasteiger partial charge in [-0.15, -0.1) is 0 Å². The third-order valence-electron chi connectivity index (χ3n) is 1.24. The molecule has 1 rings (SSSR count). The molecule has 3 nitrogen and oxygen atoms in total. The van der Waals surface area contributed by atoms with E-state index in [1.165, 1.54) is 0 Å². The lowest BCUT2D eigenvalue weighted by atomic mass is 10.3. The summed E-state index contributed by atoms with van der Waals surface area (Å²) < 4.78 is 5.24. The number of benzene rings is 1.